The fraction of sp³-hybridized carbons (Fsp3) is 0.875. The van der Waals surface area contributed by atoms with Crippen LogP contribution in [0.1, 0.15) is 112 Å². The van der Waals surface area contributed by atoms with Gasteiger partial charge in [-0.1, -0.05) is 59.5 Å². The molecule has 4 saturated carbocycles. The first-order chi connectivity index (χ1) is 16.5. The van der Waals surface area contributed by atoms with Crippen LogP contribution >= 0.6 is 0 Å². The number of carbonyl (C=O) groups excluding carboxylic acids is 2. The number of fused-ring (bicyclic) bond motifs is 4. The first kappa shape index (κ1) is 25.5. The molecule has 5 aliphatic carbocycles. The van der Waals surface area contributed by atoms with Crippen LogP contribution in [0.2, 0.25) is 0 Å². The zero-order valence-electron chi connectivity index (χ0n) is 23.3. The van der Waals surface area contributed by atoms with Gasteiger partial charge in [0.2, 0.25) is 0 Å². The molecule has 0 heterocycles. The SMILES string of the molecule is CC(=O)O[C@@H]1CC[C@]2(C)[C@H]3CC[C@]4(C)[C@@H]([C@H](C)CCCC(C)C)CC[C@H]4[C@@H]3CC3=CC(=O)C[C@H]1[C@H]32. The highest BCUT2D eigenvalue weighted by atomic mass is 16.5. The third-order valence-electron chi connectivity index (χ3n) is 12.0. The standard InChI is InChI=1S/C32H50O3/c1-19(2)8-7-9-20(3)26-10-11-27-24-17-22-16-23(34)18-25-29(35-21(4)33)13-15-32(6,30(22)25)28(24)12-14-31(26,27)5/h16,19-20,24-30H,7-15,17-18H2,1-6H3/t20-,24+,25-,26-,27+,28+,29-,30+,31-,32-/m1/s1. The maximum absolute atomic E-state index is 12.9. The van der Waals surface area contributed by atoms with Gasteiger partial charge in [0.25, 0.3) is 0 Å². The molecule has 0 aromatic carbocycles. The van der Waals surface area contributed by atoms with E-state index in [-0.39, 0.29) is 29.2 Å². The molecule has 35 heavy (non-hydrogen) atoms. The van der Waals surface area contributed by atoms with Gasteiger partial charge in [-0.2, -0.15) is 0 Å². The molecule has 3 nitrogen and oxygen atoms in total. The zero-order valence-corrected chi connectivity index (χ0v) is 23.3. The Morgan fingerprint density at radius 1 is 0.971 bits per heavy atom. The van der Waals surface area contributed by atoms with E-state index >= 15 is 0 Å². The van der Waals surface area contributed by atoms with Crippen LogP contribution in [0.4, 0.5) is 0 Å². The van der Waals surface area contributed by atoms with Gasteiger partial charge in [-0.25, -0.2) is 0 Å². The first-order valence-electron chi connectivity index (χ1n) is 14.9. The number of carbonyl (C=O) groups is 2. The molecule has 4 fully saturated rings. The summed E-state index contributed by atoms with van der Waals surface area (Å²) >= 11 is 0. The molecule has 0 aromatic heterocycles. The number of allylic oxidation sites excluding steroid dienone is 2. The molecule has 3 heteroatoms. The van der Waals surface area contributed by atoms with Gasteiger partial charge >= 0.3 is 5.97 Å². The van der Waals surface area contributed by atoms with Crippen molar-refractivity contribution in [2.24, 2.45) is 58.2 Å². The van der Waals surface area contributed by atoms with Crippen molar-refractivity contribution in [2.75, 3.05) is 0 Å². The van der Waals surface area contributed by atoms with E-state index in [2.05, 4.69) is 34.6 Å². The van der Waals surface area contributed by atoms with Gasteiger partial charge in [0.15, 0.2) is 5.78 Å². The highest BCUT2D eigenvalue weighted by molar-refractivity contribution is 5.92. The molecule has 5 aliphatic rings. The van der Waals surface area contributed by atoms with Crippen LogP contribution in [0.15, 0.2) is 11.6 Å². The Morgan fingerprint density at radius 3 is 2.40 bits per heavy atom. The summed E-state index contributed by atoms with van der Waals surface area (Å²) in [7, 11) is 0. The minimum absolute atomic E-state index is 0.0776. The van der Waals surface area contributed by atoms with E-state index in [1.807, 2.05) is 6.08 Å². The summed E-state index contributed by atoms with van der Waals surface area (Å²) in [5, 5.41) is 0. The number of esters is 1. The zero-order chi connectivity index (χ0) is 25.1. The predicted molar refractivity (Wildman–Crippen MR) is 141 cm³/mol. The summed E-state index contributed by atoms with van der Waals surface area (Å²) in [6.45, 7) is 14.0. The molecule has 0 unspecified atom stereocenters. The van der Waals surface area contributed by atoms with E-state index < -0.39 is 0 Å². The van der Waals surface area contributed by atoms with Crippen molar-refractivity contribution in [3.05, 3.63) is 11.6 Å². The molecule has 0 N–H and O–H groups in total. The molecule has 0 aliphatic heterocycles. The first-order valence-corrected chi connectivity index (χ1v) is 14.9. The van der Waals surface area contributed by atoms with E-state index in [9.17, 15) is 9.59 Å². The lowest BCUT2D eigenvalue weighted by Crippen LogP contribution is -2.59. The van der Waals surface area contributed by atoms with Crippen LogP contribution in [0.5, 0.6) is 0 Å². The van der Waals surface area contributed by atoms with Crippen LogP contribution < -0.4 is 0 Å². The Labute approximate surface area is 214 Å². The van der Waals surface area contributed by atoms with Crippen molar-refractivity contribution < 1.29 is 14.3 Å². The molecule has 196 valence electrons. The number of hydrogen-bond acceptors (Lipinski definition) is 3. The lowest BCUT2D eigenvalue weighted by atomic mass is 9.41. The topological polar surface area (TPSA) is 43.4 Å². The van der Waals surface area contributed by atoms with Gasteiger partial charge in [-0.3, -0.25) is 9.59 Å². The van der Waals surface area contributed by atoms with Crippen molar-refractivity contribution in [1.82, 2.24) is 0 Å². The second-order valence-corrected chi connectivity index (χ2v) is 14.3. The predicted octanol–water partition coefficient (Wildman–Crippen LogP) is 7.77. The van der Waals surface area contributed by atoms with Gasteiger partial charge in [0, 0.05) is 19.3 Å². The van der Waals surface area contributed by atoms with Crippen molar-refractivity contribution in [1.29, 1.82) is 0 Å². The molecule has 10 atom stereocenters. The van der Waals surface area contributed by atoms with Crippen LogP contribution in [0.3, 0.4) is 0 Å². The smallest absolute Gasteiger partial charge is 0.302 e. The number of ether oxygens (including phenoxy) is 1. The maximum Gasteiger partial charge on any atom is 0.302 e. The fourth-order valence-corrected chi connectivity index (χ4v) is 10.7. The largest absolute Gasteiger partial charge is 0.462 e. The molecule has 0 radical (unpaired) electrons. The maximum atomic E-state index is 12.9. The summed E-state index contributed by atoms with van der Waals surface area (Å²) in [4.78, 5) is 24.7. The molecular formula is C32H50O3. The lowest BCUT2D eigenvalue weighted by molar-refractivity contribution is -0.169. The monoisotopic (exact) mass is 482 g/mol. The van der Waals surface area contributed by atoms with Gasteiger partial charge in [0.05, 0.1) is 0 Å². The minimum Gasteiger partial charge on any atom is -0.462 e. The fourth-order valence-electron chi connectivity index (χ4n) is 10.7. The Balaban J connectivity index is 1.39. The van der Waals surface area contributed by atoms with Gasteiger partial charge in [0.1, 0.15) is 6.10 Å². The summed E-state index contributed by atoms with van der Waals surface area (Å²) in [6, 6.07) is 0. The molecule has 0 saturated heterocycles. The van der Waals surface area contributed by atoms with Crippen LogP contribution in [0.25, 0.3) is 0 Å². The highest BCUT2D eigenvalue weighted by Gasteiger charge is 2.64. The van der Waals surface area contributed by atoms with Crippen molar-refractivity contribution in [3.8, 4) is 0 Å². The lowest BCUT2D eigenvalue weighted by Gasteiger charge is -2.64. The molecule has 0 spiro atoms. The number of rotatable bonds is 6. The van der Waals surface area contributed by atoms with Gasteiger partial charge in [-0.05, 0) is 103 Å². The summed E-state index contributed by atoms with van der Waals surface area (Å²) in [5.41, 5.74) is 2.14. The summed E-state index contributed by atoms with van der Waals surface area (Å²) < 4.78 is 5.81. The second-order valence-electron chi connectivity index (χ2n) is 14.3. The van der Waals surface area contributed by atoms with E-state index in [0.717, 1.165) is 54.8 Å². The van der Waals surface area contributed by atoms with Crippen molar-refractivity contribution in [3.63, 3.8) is 0 Å². The van der Waals surface area contributed by atoms with Crippen LogP contribution in [-0.4, -0.2) is 17.9 Å². The third-order valence-corrected chi connectivity index (χ3v) is 12.0. The van der Waals surface area contributed by atoms with Crippen LogP contribution in [0, 0.1) is 58.2 Å². The Kier molecular flexibility index (Phi) is 6.80. The van der Waals surface area contributed by atoms with Crippen molar-refractivity contribution >= 4 is 11.8 Å². The molecule has 0 amide bonds. The number of hydrogen-bond donors (Lipinski definition) is 0. The van der Waals surface area contributed by atoms with Crippen molar-refractivity contribution in [2.45, 2.75) is 118 Å². The molecular weight excluding hydrogens is 432 g/mol. The normalized spacial score (nSPS) is 45.3. The summed E-state index contributed by atoms with van der Waals surface area (Å²) in [6.07, 6.45) is 15.4. The van der Waals surface area contributed by atoms with E-state index in [4.69, 9.17) is 4.74 Å². The van der Waals surface area contributed by atoms with E-state index in [1.54, 1.807) is 0 Å². The second kappa shape index (κ2) is 9.32. The minimum atomic E-state index is -0.191. The number of ketones is 1. The average Bonchev–Trinajstić information content (AvgIpc) is 3.12. The van der Waals surface area contributed by atoms with Gasteiger partial charge < -0.3 is 4.74 Å². The average molecular weight is 483 g/mol. The Hall–Kier alpha value is -1.12. The Morgan fingerprint density at radius 2 is 1.69 bits per heavy atom. The van der Waals surface area contributed by atoms with E-state index in [1.165, 1.54) is 57.4 Å². The molecule has 0 bridgehead atoms. The van der Waals surface area contributed by atoms with Gasteiger partial charge in [-0.15, -0.1) is 0 Å². The quantitative estimate of drug-likeness (QED) is 0.363. The molecule has 0 aromatic rings. The van der Waals surface area contributed by atoms with Crippen LogP contribution in [-0.2, 0) is 14.3 Å². The Bertz CT molecular complexity index is 872. The van der Waals surface area contributed by atoms with E-state index in [0.29, 0.717) is 17.8 Å². The molecule has 5 rings (SSSR count). The summed E-state index contributed by atoms with van der Waals surface area (Å²) in [5.74, 6) is 5.48. The highest BCUT2D eigenvalue weighted by Crippen LogP contribution is 2.70. The third kappa shape index (κ3) is 4.25.